The lowest BCUT2D eigenvalue weighted by Gasteiger charge is -2.40. The van der Waals surface area contributed by atoms with E-state index in [-0.39, 0.29) is 10.8 Å². The van der Waals surface area contributed by atoms with Crippen LogP contribution in [0.3, 0.4) is 0 Å². The second-order valence-corrected chi connectivity index (χ2v) is 32.9. The Labute approximate surface area is 454 Å². The van der Waals surface area contributed by atoms with Crippen molar-refractivity contribution in [2.24, 2.45) is 91.7 Å². The topological polar surface area (TPSA) is 40.6 Å². The molecule has 11 atom stereocenters. The molecule has 0 aromatic carbocycles. The predicted octanol–water partition coefficient (Wildman–Crippen LogP) is 19.8. The van der Waals surface area contributed by atoms with Gasteiger partial charge in [-0.2, -0.15) is 0 Å². The van der Waals surface area contributed by atoms with Crippen LogP contribution in [0.1, 0.15) is 253 Å². The zero-order chi connectivity index (χ0) is 54.5. The van der Waals surface area contributed by atoms with Crippen LogP contribution in [0.4, 0.5) is 0 Å². The van der Waals surface area contributed by atoms with Gasteiger partial charge in [-0.15, -0.1) is 0 Å². The monoisotopic (exact) mass is 1010 g/mol. The molecule has 4 nitrogen and oxygen atoms in total. The van der Waals surface area contributed by atoms with Gasteiger partial charge < -0.3 is 14.2 Å². The molecule has 3 aliphatic heterocycles. The number of hydrogen-bond acceptors (Lipinski definition) is 4. The first-order valence-corrected chi connectivity index (χ1v) is 30.6. The quantitative estimate of drug-likeness (QED) is 0.283. The third-order valence-corrected chi connectivity index (χ3v) is 20.3. The average molecular weight is 1010 g/mol. The molecule has 6 bridgehead atoms. The van der Waals surface area contributed by atoms with Crippen LogP contribution in [0.15, 0.2) is 48.8 Å². The van der Waals surface area contributed by atoms with Crippen molar-refractivity contribution >= 4 is 0 Å². The smallest absolute Gasteiger partial charge is 0.0892 e. The van der Waals surface area contributed by atoms with Crippen molar-refractivity contribution in [3.8, 4) is 0 Å². The van der Waals surface area contributed by atoms with Crippen LogP contribution in [0.5, 0.6) is 0 Å². The largest absolute Gasteiger partial charge is 0.378 e. The molecule has 9 fully saturated rings. The van der Waals surface area contributed by atoms with Crippen LogP contribution in [-0.4, -0.2) is 43.1 Å². The highest BCUT2D eigenvalue weighted by molar-refractivity contribution is 5.23. The molecule has 1 aromatic rings. The van der Waals surface area contributed by atoms with Crippen LogP contribution in [0.2, 0.25) is 0 Å². The molecule has 6 saturated carbocycles. The Morgan fingerprint density at radius 2 is 1.11 bits per heavy atom. The molecule has 10 rings (SSSR count). The van der Waals surface area contributed by atoms with Crippen molar-refractivity contribution in [3.63, 3.8) is 0 Å². The summed E-state index contributed by atoms with van der Waals surface area (Å²) in [6.07, 6.45) is 28.8. The Hall–Kier alpha value is -1.49. The lowest BCUT2D eigenvalue weighted by atomic mass is 9.65. The van der Waals surface area contributed by atoms with Crippen molar-refractivity contribution in [1.29, 1.82) is 0 Å². The molecule has 1 aromatic heterocycles. The van der Waals surface area contributed by atoms with E-state index in [0.29, 0.717) is 51.3 Å². The maximum Gasteiger partial charge on any atom is 0.0892 e. The van der Waals surface area contributed by atoms with Gasteiger partial charge in [0.2, 0.25) is 0 Å². The molecule has 9 aliphatic rings. The maximum absolute atomic E-state index is 5.69. The molecule has 11 unspecified atom stereocenters. The SMILES string of the molecule is C=C1C2CCC1CC(C(C)(C)C)C2.C=C1CC2CCC(C1)C2C(C)(C)C.CC(C)(C)C(C)(C)c1ccncc1.CC(C)(C)C1COC2CCOC21.CC(C)(C)CC1CC2CCC1C2.CC(C)(C)CC1CCCO1. The first-order chi connectivity index (χ1) is 33.5. The summed E-state index contributed by atoms with van der Waals surface area (Å²) in [5, 5.41) is 0. The second kappa shape index (κ2) is 25.1. The lowest BCUT2D eigenvalue weighted by Crippen LogP contribution is -2.33. The average Bonchev–Trinajstić information content (AvgIpc) is 4.13. The van der Waals surface area contributed by atoms with Crippen molar-refractivity contribution in [3.05, 3.63) is 54.4 Å². The van der Waals surface area contributed by atoms with Crippen molar-refractivity contribution in [2.45, 2.75) is 271 Å². The van der Waals surface area contributed by atoms with Gasteiger partial charge in [0.25, 0.3) is 0 Å². The molecular weight excluding hydrogens is 891 g/mol. The fourth-order valence-corrected chi connectivity index (χ4v) is 15.3. The van der Waals surface area contributed by atoms with E-state index in [1.807, 2.05) is 12.4 Å². The third kappa shape index (κ3) is 18.3. The van der Waals surface area contributed by atoms with Gasteiger partial charge in [-0.3, -0.25) is 4.98 Å². The van der Waals surface area contributed by atoms with E-state index in [4.69, 9.17) is 14.2 Å². The Morgan fingerprint density at radius 1 is 0.548 bits per heavy atom. The summed E-state index contributed by atoms with van der Waals surface area (Å²) in [5.74, 6) is 9.52. The maximum atomic E-state index is 5.69. The van der Waals surface area contributed by atoms with E-state index in [0.717, 1.165) is 79.5 Å². The number of allylic oxidation sites excluding steroid dienone is 2. The number of aromatic nitrogens is 1. The standard InChI is InChI=1S/2C13H22.C12H19N.C12H22.C10H18O2.C9H18O/c1-9-10-5-6-11(9)8-12(7-10)13(2,3)4;1-9-7-10-5-6-11(8-9)12(10)13(2,3)4;1-11(2,3)12(4,5)10-6-8-13-9-7-10;1-12(2,3)8-11-7-9-4-5-10(11)6-9;1-10(2,3)7-6-12-8-4-5-11-9(7)8;1-9(2,3)7-8-5-4-6-10-8/h2*10-12H,1,5-8H2,2-4H3;6-9H,1-5H3;9-11H,4-8H2,1-3H3;7-9H,4-6H2,1-3H3;8H,4-7H2,1-3H3. The molecule has 4 heteroatoms. The van der Waals surface area contributed by atoms with Crippen molar-refractivity contribution in [1.82, 2.24) is 4.98 Å². The summed E-state index contributed by atoms with van der Waals surface area (Å²) >= 11 is 0. The highest BCUT2D eigenvalue weighted by Crippen LogP contribution is 2.56. The third-order valence-electron chi connectivity index (χ3n) is 20.3. The zero-order valence-corrected chi connectivity index (χ0v) is 52.0. The first-order valence-electron chi connectivity index (χ1n) is 30.6. The van der Waals surface area contributed by atoms with Gasteiger partial charge in [0, 0.05) is 31.5 Å². The normalized spacial score (nSPS) is 33.7. The van der Waals surface area contributed by atoms with E-state index in [2.05, 4.69) is 169 Å². The van der Waals surface area contributed by atoms with Gasteiger partial charge in [-0.25, -0.2) is 0 Å². The molecule has 3 saturated heterocycles. The molecule has 6 aliphatic carbocycles. The number of pyridine rings is 1. The number of ether oxygens (including phenoxy) is 3. The molecule has 0 radical (unpaired) electrons. The Kier molecular flexibility index (Phi) is 21.4. The zero-order valence-electron chi connectivity index (χ0n) is 52.0. The minimum Gasteiger partial charge on any atom is -0.378 e. The first kappa shape index (κ1) is 62.4. The van der Waals surface area contributed by atoms with Crippen LogP contribution in [-0.2, 0) is 19.6 Å². The minimum atomic E-state index is 0.190. The van der Waals surface area contributed by atoms with Gasteiger partial charge in [0.15, 0.2) is 0 Å². The van der Waals surface area contributed by atoms with Gasteiger partial charge in [-0.1, -0.05) is 169 Å². The molecule has 4 heterocycles. The summed E-state index contributed by atoms with van der Waals surface area (Å²) < 4.78 is 16.9. The number of rotatable bonds is 3. The van der Waals surface area contributed by atoms with E-state index in [9.17, 15) is 0 Å². The fourth-order valence-electron chi connectivity index (χ4n) is 15.3. The molecule has 420 valence electrons. The fraction of sp³-hybridized carbons (Fsp3) is 0.870. The second-order valence-electron chi connectivity index (χ2n) is 32.9. The van der Waals surface area contributed by atoms with E-state index in [1.165, 1.54) is 88.2 Å². The molecular formula is C69H121NO3. The van der Waals surface area contributed by atoms with Crippen LogP contribution < -0.4 is 0 Å². The summed E-state index contributed by atoms with van der Waals surface area (Å²) in [4.78, 5) is 4.04. The Balaban J connectivity index is 0.000000163. The number of fused-ring (bicyclic) bond motifs is 7. The van der Waals surface area contributed by atoms with Gasteiger partial charge in [0.1, 0.15) is 0 Å². The van der Waals surface area contributed by atoms with Crippen LogP contribution in [0.25, 0.3) is 0 Å². The lowest BCUT2D eigenvalue weighted by molar-refractivity contribution is 0.0346. The van der Waals surface area contributed by atoms with E-state index >= 15 is 0 Å². The molecule has 0 amide bonds. The van der Waals surface area contributed by atoms with Crippen molar-refractivity contribution < 1.29 is 14.2 Å². The highest BCUT2D eigenvalue weighted by atomic mass is 16.6. The van der Waals surface area contributed by atoms with Gasteiger partial charge in [-0.05, 0) is 212 Å². The summed E-state index contributed by atoms with van der Waals surface area (Å²) in [7, 11) is 0. The van der Waals surface area contributed by atoms with Crippen LogP contribution in [0, 0.1) is 91.7 Å². The van der Waals surface area contributed by atoms with E-state index in [1.54, 1.807) is 31.3 Å². The molecule has 0 N–H and O–H groups in total. The summed E-state index contributed by atoms with van der Waals surface area (Å²) in [6.45, 7) is 57.8. The predicted molar refractivity (Wildman–Crippen MR) is 315 cm³/mol. The van der Waals surface area contributed by atoms with Gasteiger partial charge >= 0.3 is 0 Å². The number of hydrogen-bond donors (Lipinski definition) is 0. The minimum absolute atomic E-state index is 0.190. The van der Waals surface area contributed by atoms with E-state index < -0.39 is 0 Å². The summed E-state index contributed by atoms with van der Waals surface area (Å²) in [6, 6.07) is 4.20. The summed E-state index contributed by atoms with van der Waals surface area (Å²) in [5.41, 5.74) is 7.29. The van der Waals surface area contributed by atoms with Gasteiger partial charge in [0.05, 0.1) is 24.9 Å². The molecule has 73 heavy (non-hydrogen) atoms. The molecule has 0 spiro atoms. The van der Waals surface area contributed by atoms with Crippen LogP contribution >= 0.6 is 0 Å². The van der Waals surface area contributed by atoms with Crippen molar-refractivity contribution in [2.75, 3.05) is 19.8 Å². The number of nitrogens with zero attached hydrogens (tertiary/aromatic N) is 1. The Bertz CT molecular complexity index is 1800. The Morgan fingerprint density at radius 3 is 1.55 bits per heavy atom. The highest BCUT2D eigenvalue weighted by Gasteiger charge is 2.48.